The third kappa shape index (κ3) is 3.78. The number of amides is 1. The lowest BCUT2D eigenvalue weighted by Gasteiger charge is -2.32. The summed E-state index contributed by atoms with van der Waals surface area (Å²) >= 11 is 0. The molecule has 1 saturated heterocycles. The average Bonchev–Trinajstić information content (AvgIpc) is 3.49. The summed E-state index contributed by atoms with van der Waals surface area (Å²) < 4.78 is 12.6. The summed E-state index contributed by atoms with van der Waals surface area (Å²) in [6.07, 6.45) is 8.42. The van der Waals surface area contributed by atoms with Gasteiger partial charge in [0.1, 0.15) is 24.3 Å². The topological polar surface area (TPSA) is 94.4 Å². The molecule has 0 aliphatic carbocycles. The molecule has 9 nitrogen and oxygen atoms in total. The van der Waals surface area contributed by atoms with Gasteiger partial charge in [0, 0.05) is 44.0 Å². The number of fused-ring (bicyclic) bond motifs is 1. The fourth-order valence-electron chi connectivity index (χ4n) is 3.80. The van der Waals surface area contributed by atoms with Crippen LogP contribution in [0.4, 0.5) is 5.82 Å². The predicted molar refractivity (Wildman–Crippen MR) is 109 cm³/mol. The van der Waals surface area contributed by atoms with Gasteiger partial charge in [-0.25, -0.2) is 15.0 Å². The van der Waals surface area contributed by atoms with Crippen molar-refractivity contribution in [2.24, 2.45) is 5.92 Å². The van der Waals surface area contributed by atoms with Crippen molar-refractivity contribution in [3.63, 3.8) is 0 Å². The van der Waals surface area contributed by atoms with Crippen LogP contribution >= 0.6 is 0 Å². The molecule has 3 aromatic rings. The first kappa shape index (κ1) is 18.4. The van der Waals surface area contributed by atoms with Crippen molar-refractivity contribution in [3.8, 4) is 17.3 Å². The van der Waals surface area contributed by atoms with Crippen molar-refractivity contribution in [2.75, 3.05) is 24.8 Å². The van der Waals surface area contributed by atoms with Crippen LogP contribution in [0.25, 0.3) is 5.82 Å². The van der Waals surface area contributed by atoms with Crippen LogP contribution in [0, 0.1) is 5.92 Å². The number of hydrogen-bond donors (Lipinski definition) is 1. The summed E-state index contributed by atoms with van der Waals surface area (Å²) in [4.78, 5) is 27.6. The Morgan fingerprint density at radius 3 is 2.77 bits per heavy atom. The van der Waals surface area contributed by atoms with Crippen LogP contribution in [-0.4, -0.2) is 45.3 Å². The number of nitrogens with one attached hydrogen (secondary N) is 1. The van der Waals surface area contributed by atoms with E-state index >= 15 is 0 Å². The molecule has 0 spiro atoms. The first-order valence-corrected chi connectivity index (χ1v) is 9.98. The van der Waals surface area contributed by atoms with Crippen LogP contribution < -0.4 is 19.7 Å². The van der Waals surface area contributed by atoms with E-state index in [4.69, 9.17) is 9.47 Å². The normalized spacial score (nSPS) is 15.9. The number of piperidine rings is 1. The molecule has 1 N–H and O–H groups in total. The van der Waals surface area contributed by atoms with E-state index in [9.17, 15) is 4.79 Å². The Bertz CT molecular complexity index is 1030. The molecule has 2 aliphatic heterocycles. The largest absolute Gasteiger partial charge is 0.454 e. The molecule has 4 heterocycles. The summed E-state index contributed by atoms with van der Waals surface area (Å²) in [7, 11) is 0. The van der Waals surface area contributed by atoms with Gasteiger partial charge in [0.05, 0.1) is 0 Å². The van der Waals surface area contributed by atoms with E-state index in [1.807, 2.05) is 35.0 Å². The third-order valence-electron chi connectivity index (χ3n) is 5.50. The average molecular weight is 406 g/mol. The number of hydrogen-bond acceptors (Lipinski definition) is 7. The summed E-state index contributed by atoms with van der Waals surface area (Å²) in [5.41, 5.74) is 0.998. The van der Waals surface area contributed by atoms with Gasteiger partial charge in [-0.15, -0.1) is 0 Å². The summed E-state index contributed by atoms with van der Waals surface area (Å²) in [6, 6.07) is 7.69. The van der Waals surface area contributed by atoms with Crippen LogP contribution in [-0.2, 0) is 11.3 Å². The van der Waals surface area contributed by atoms with Gasteiger partial charge in [-0.2, -0.15) is 0 Å². The third-order valence-corrected chi connectivity index (χ3v) is 5.50. The zero-order chi connectivity index (χ0) is 20.3. The Morgan fingerprint density at radius 1 is 1.10 bits per heavy atom. The zero-order valence-electron chi connectivity index (χ0n) is 16.4. The SMILES string of the molecule is O=C(NCc1ccc2c(c1)OCO2)C1CCN(c2cc(-n3ccnc3)ncn2)CC1. The van der Waals surface area contributed by atoms with E-state index in [1.165, 1.54) is 0 Å². The number of imidazole rings is 1. The van der Waals surface area contributed by atoms with Crippen molar-refractivity contribution in [3.05, 3.63) is 54.9 Å². The Morgan fingerprint density at radius 2 is 1.93 bits per heavy atom. The monoisotopic (exact) mass is 406 g/mol. The van der Waals surface area contributed by atoms with Gasteiger partial charge in [0.15, 0.2) is 11.5 Å². The maximum Gasteiger partial charge on any atom is 0.231 e. The molecule has 30 heavy (non-hydrogen) atoms. The molecule has 9 heteroatoms. The smallest absolute Gasteiger partial charge is 0.231 e. The second kappa shape index (κ2) is 8.02. The molecule has 0 bridgehead atoms. The lowest BCUT2D eigenvalue weighted by Crippen LogP contribution is -2.40. The van der Waals surface area contributed by atoms with Gasteiger partial charge in [0.2, 0.25) is 12.7 Å². The standard InChI is InChI=1S/C21H22N6O3/c28-21(23-11-15-1-2-17-18(9-15)30-14-29-17)16-3-6-26(7-4-16)19-10-20(25-12-24-19)27-8-5-22-13-27/h1-2,5,8-10,12-13,16H,3-4,6-7,11,14H2,(H,23,28). The van der Waals surface area contributed by atoms with Crippen LogP contribution in [0.5, 0.6) is 11.5 Å². The van der Waals surface area contributed by atoms with E-state index < -0.39 is 0 Å². The van der Waals surface area contributed by atoms with Gasteiger partial charge >= 0.3 is 0 Å². The quantitative estimate of drug-likeness (QED) is 0.692. The fourth-order valence-corrected chi connectivity index (χ4v) is 3.80. The molecule has 2 aromatic heterocycles. The molecule has 5 rings (SSSR count). The molecule has 1 amide bonds. The van der Waals surface area contributed by atoms with E-state index in [-0.39, 0.29) is 18.6 Å². The molecule has 2 aliphatic rings. The van der Waals surface area contributed by atoms with Gasteiger partial charge < -0.3 is 19.7 Å². The lowest BCUT2D eigenvalue weighted by atomic mass is 9.96. The number of rotatable bonds is 5. The van der Waals surface area contributed by atoms with Gasteiger partial charge in [-0.3, -0.25) is 9.36 Å². The van der Waals surface area contributed by atoms with Crippen molar-refractivity contribution < 1.29 is 14.3 Å². The Kier molecular flexibility index (Phi) is 4.92. The molecule has 0 radical (unpaired) electrons. The summed E-state index contributed by atoms with van der Waals surface area (Å²) in [5.74, 6) is 3.22. The minimum Gasteiger partial charge on any atom is -0.454 e. The van der Waals surface area contributed by atoms with Crippen LogP contribution in [0.2, 0.25) is 0 Å². The number of carbonyl (C=O) groups is 1. The predicted octanol–water partition coefficient (Wildman–Crippen LogP) is 1.92. The minimum atomic E-state index is 0.00483. The summed E-state index contributed by atoms with van der Waals surface area (Å²) in [5, 5.41) is 3.05. The molecule has 0 saturated carbocycles. The van der Waals surface area contributed by atoms with Crippen molar-refractivity contribution >= 4 is 11.7 Å². The number of ether oxygens (including phenoxy) is 2. The Labute approximate surface area is 173 Å². The Balaban J connectivity index is 1.15. The van der Waals surface area contributed by atoms with E-state index in [0.29, 0.717) is 6.54 Å². The highest BCUT2D eigenvalue weighted by Crippen LogP contribution is 2.32. The van der Waals surface area contributed by atoms with Gasteiger partial charge in [0.25, 0.3) is 0 Å². The van der Waals surface area contributed by atoms with Gasteiger partial charge in [-0.1, -0.05) is 6.07 Å². The highest BCUT2D eigenvalue weighted by molar-refractivity contribution is 5.79. The first-order valence-electron chi connectivity index (χ1n) is 9.98. The highest BCUT2D eigenvalue weighted by Gasteiger charge is 2.26. The fraction of sp³-hybridized carbons (Fsp3) is 0.333. The molecule has 0 unspecified atom stereocenters. The maximum atomic E-state index is 12.6. The second-order valence-electron chi connectivity index (χ2n) is 7.37. The van der Waals surface area contributed by atoms with E-state index in [1.54, 1.807) is 18.9 Å². The number of anilines is 1. The van der Waals surface area contributed by atoms with Crippen molar-refractivity contribution in [2.45, 2.75) is 19.4 Å². The molecule has 1 aromatic carbocycles. The van der Waals surface area contributed by atoms with Crippen LogP contribution in [0.1, 0.15) is 18.4 Å². The number of carbonyl (C=O) groups excluding carboxylic acids is 1. The molecule has 0 atom stereocenters. The maximum absolute atomic E-state index is 12.6. The molecular weight excluding hydrogens is 384 g/mol. The lowest BCUT2D eigenvalue weighted by molar-refractivity contribution is -0.125. The van der Waals surface area contributed by atoms with Crippen LogP contribution in [0.15, 0.2) is 49.3 Å². The number of aromatic nitrogens is 4. The summed E-state index contributed by atoms with van der Waals surface area (Å²) in [6.45, 7) is 2.29. The van der Waals surface area contributed by atoms with Crippen molar-refractivity contribution in [1.82, 2.24) is 24.8 Å². The van der Waals surface area contributed by atoms with E-state index in [0.717, 1.165) is 54.6 Å². The first-order chi connectivity index (χ1) is 14.8. The molecular formula is C21H22N6O3. The Hall–Kier alpha value is -3.62. The second-order valence-corrected chi connectivity index (χ2v) is 7.37. The zero-order valence-corrected chi connectivity index (χ0v) is 16.4. The van der Waals surface area contributed by atoms with Gasteiger partial charge in [-0.05, 0) is 30.5 Å². The van der Waals surface area contributed by atoms with Crippen molar-refractivity contribution in [1.29, 1.82) is 0 Å². The molecule has 154 valence electrons. The number of benzene rings is 1. The minimum absolute atomic E-state index is 0.00483. The highest BCUT2D eigenvalue weighted by atomic mass is 16.7. The molecule has 1 fully saturated rings. The van der Waals surface area contributed by atoms with Crippen LogP contribution in [0.3, 0.4) is 0 Å². The van der Waals surface area contributed by atoms with E-state index in [2.05, 4.69) is 25.2 Å². The number of nitrogens with zero attached hydrogens (tertiary/aromatic N) is 5.